The molecule has 1 atom stereocenters. The summed E-state index contributed by atoms with van der Waals surface area (Å²) in [7, 11) is 0. The zero-order valence-corrected chi connectivity index (χ0v) is 9.57. The predicted octanol–water partition coefficient (Wildman–Crippen LogP) is 1.46. The van der Waals surface area contributed by atoms with Crippen LogP contribution in [0, 0.1) is 10.1 Å². The Morgan fingerprint density at radius 2 is 2.25 bits per heavy atom. The first-order valence-corrected chi connectivity index (χ1v) is 5.08. The van der Waals surface area contributed by atoms with Gasteiger partial charge in [-0.05, 0) is 11.6 Å². The molecular weight excluding hydrogens is 232 g/mol. The molecule has 0 aliphatic heterocycles. The fraction of sp³-hybridized carbons (Fsp3) is 0.400. The van der Waals surface area contributed by atoms with Gasteiger partial charge >= 0.3 is 0 Å². The fourth-order valence-electron chi connectivity index (χ4n) is 1.30. The highest BCUT2D eigenvalue weighted by Gasteiger charge is 2.26. The molecule has 6 heteroatoms. The van der Waals surface area contributed by atoms with Crippen molar-refractivity contribution in [3.05, 3.63) is 38.9 Å². The Hall–Kier alpha value is -1.17. The van der Waals surface area contributed by atoms with Crippen molar-refractivity contribution < 1.29 is 10.0 Å². The lowest BCUT2D eigenvalue weighted by Gasteiger charge is -2.25. The number of aliphatic hydroxyl groups is 1. The second-order valence-corrected chi connectivity index (χ2v) is 4.25. The van der Waals surface area contributed by atoms with Gasteiger partial charge in [0.25, 0.3) is 5.69 Å². The van der Waals surface area contributed by atoms with E-state index < -0.39 is 10.3 Å². The van der Waals surface area contributed by atoms with Gasteiger partial charge in [0.1, 0.15) is 5.02 Å². The number of rotatable bonds is 4. The normalized spacial score (nSPS) is 14.5. The molecule has 0 aliphatic carbocycles. The van der Waals surface area contributed by atoms with Crippen molar-refractivity contribution in [3.8, 4) is 0 Å². The smallest absolute Gasteiger partial charge is 0.288 e. The first-order valence-electron chi connectivity index (χ1n) is 4.70. The van der Waals surface area contributed by atoms with E-state index in [-0.39, 0.29) is 23.9 Å². The molecule has 1 rings (SSSR count). The Bertz CT molecular complexity index is 405. The van der Waals surface area contributed by atoms with Gasteiger partial charge in [0.2, 0.25) is 0 Å². The SMILES string of the molecule is CC(CN)(CO)c1ccc(Cl)c([N+](=O)[O-])c1. The maximum atomic E-state index is 10.7. The van der Waals surface area contributed by atoms with E-state index in [9.17, 15) is 15.2 Å². The lowest BCUT2D eigenvalue weighted by Crippen LogP contribution is -2.35. The Morgan fingerprint density at radius 1 is 1.62 bits per heavy atom. The van der Waals surface area contributed by atoms with Crippen molar-refractivity contribution in [3.63, 3.8) is 0 Å². The summed E-state index contributed by atoms with van der Waals surface area (Å²) >= 11 is 5.69. The molecule has 0 aliphatic rings. The number of halogens is 1. The van der Waals surface area contributed by atoms with Crippen molar-refractivity contribution >= 4 is 17.3 Å². The largest absolute Gasteiger partial charge is 0.395 e. The first kappa shape index (κ1) is 12.9. The van der Waals surface area contributed by atoms with Crippen LogP contribution in [-0.4, -0.2) is 23.2 Å². The minimum atomic E-state index is -0.685. The van der Waals surface area contributed by atoms with Crippen LogP contribution in [0.4, 0.5) is 5.69 Å². The zero-order chi connectivity index (χ0) is 12.3. The molecule has 1 aromatic carbocycles. The van der Waals surface area contributed by atoms with Crippen LogP contribution in [0.1, 0.15) is 12.5 Å². The summed E-state index contributed by atoms with van der Waals surface area (Å²) in [5.41, 5.74) is 5.30. The molecule has 0 aromatic heterocycles. The van der Waals surface area contributed by atoms with E-state index in [0.29, 0.717) is 5.56 Å². The maximum absolute atomic E-state index is 10.7. The van der Waals surface area contributed by atoms with Gasteiger partial charge in [0.05, 0.1) is 11.5 Å². The highest BCUT2D eigenvalue weighted by molar-refractivity contribution is 6.32. The van der Waals surface area contributed by atoms with Gasteiger partial charge in [-0.2, -0.15) is 0 Å². The number of nitro groups is 1. The third-order valence-corrected chi connectivity index (χ3v) is 2.96. The van der Waals surface area contributed by atoms with E-state index in [1.54, 1.807) is 13.0 Å². The zero-order valence-electron chi connectivity index (χ0n) is 8.81. The summed E-state index contributed by atoms with van der Waals surface area (Å²) in [5, 5.41) is 20.0. The Kier molecular flexibility index (Phi) is 3.85. The molecule has 3 N–H and O–H groups in total. The molecule has 0 spiro atoms. The van der Waals surface area contributed by atoms with E-state index in [1.165, 1.54) is 12.1 Å². The minimum absolute atomic E-state index is 0.0751. The van der Waals surface area contributed by atoms with Crippen LogP contribution in [0.15, 0.2) is 18.2 Å². The molecule has 0 saturated heterocycles. The summed E-state index contributed by atoms with van der Waals surface area (Å²) < 4.78 is 0. The summed E-state index contributed by atoms with van der Waals surface area (Å²) in [6.07, 6.45) is 0. The van der Waals surface area contributed by atoms with Crippen molar-refractivity contribution in [2.75, 3.05) is 13.2 Å². The molecule has 88 valence electrons. The summed E-state index contributed by atoms with van der Waals surface area (Å²) in [4.78, 5) is 10.1. The molecule has 16 heavy (non-hydrogen) atoms. The minimum Gasteiger partial charge on any atom is -0.395 e. The number of nitrogens with two attached hydrogens (primary N) is 1. The molecule has 0 radical (unpaired) electrons. The van der Waals surface area contributed by atoms with E-state index in [2.05, 4.69) is 0 Å². The van der Waals surface area contributed by atoms with E-state index in [1.807, 2.05) is 0 Å². The average Bonchev–Trinajstić information content (AvgIpc) is 2.28. The van der Waals surface area contributed by atoms with Crippen LogP contribution in [0.5, 0.6) is 0 Å². The molecule has 1 unspecified atom stereocenters. The second-order valence-electron chi connectivity index (χ2n) is 3.85. The van der Waals surface area contributed by atoms with Crippen LogP contribution < -0.4 is 5.73 Å². The van der Waals surface area contributed by atoms with Gasteiger partial charge in [-0.1, -0.05) is 24.6 Å². The van der Waals surface area contributed by atoms with Crippen LogP contribution in [0.3, 0.4) is 0 Å². The van der Waals surface area contributed by atoms with Crippen molar-refractivity contribution in [1.29, 1.82) is 0 Å². The molecule has 5 nitrogen and oxygen atoms in total. The summed E-state index contributed by atoms with van der Waals surface area (Å²) in [6.45, 7) is 1.75. The van der Waals surface area contributed by atoms with Crippen LogP contribution in [0.25, 0.3) is 0 Å². The van der Waals surface area contributed by atoms with Gasteiger partial charge in [-0.25, -0.2) is 0 Å². The summed E-state index contributed by atoms with van der Waals surface area (Å²) in [6, 6.07) is 4.43. The third-order valence-electron chi connectivity index (χ3n) is 2.64. The highest BCUT2D eigenvalue weighted by Crippen LogP contribution is 2.30. The number of hydrogen-bond donors (Lipinski definition) is 2. The Labute approximate surface area is 98.0 Å². The van der Waals surface area contributed by atoms with Crippen LogP contribution in [0.2, 0.25) is 5.02 Å². The molecule has 0 fully saturated rings. The Morgan fingerprint density at radius 3 is 2.69 bits per heavy atom. The van der Waals surface area contributed by atoms with Gasteiger partial charge in [-0.15, -0.1) is 0 Å². The van der Waals surface area contributed by atoms with Crippen molar-refractivity contribution in [2.24, 2.45) is 5.73 Å². The molecule has 0 bridgehead atoms. The monoisotopic (exact) mass is 244 g/mol. The van der Waals surface area contributed by atoms with Crippen molar-refractivity contribution in [1.82, 2.24) is 0 Å². The Balaban J connectivity index is 3.27. The van der Waals surface area contributed by atoms with Gasteiger partial charge in [-0.3, -0.25) is 10.1 Å². The lowest BCUT2D eigenvalue weighted by atomic mass is 9.83. The maximum Gasteiger partial charge on any atom is 0.288 e. The van der Waals surface area contributed by atoms with E-state index >= 15 is 0 Å². The van der Waals surface area contributed by atoms with Crippen LogP contribution in [-0.2, 0) is 5.41 Å². The second kappa shape index (κ2) is 4.78. The van der Waals surface area contributed by atoms with Gasteiger partial charge in [0.15, 0.2) is 0 Å². The fourth-order valence-corrected chi connectivity index (χ4v) is 1.49. The third kappa shape index (κ3) is 2.32. The standard InChI is InChI=1S/C10H13ClN2O3/c1-10(5-12,6-14)7-2-3-8(11)9(4-7)13(15)16/h2-4,14H,5-6,12H2,1H3. The molecule has 0 amide bonds. The summed E-state index contributed by atoms with van der Waals surface area (Å²) in [5.74, 6) is 0. The van der Waals surface area contributed by atoms with Crippen molar-refractivity contribution in [2.45, 2.75) is 12.3 Å². The number of benzene rings is 1. The topological polar surface area (TPSA) is 89.4 Å². The number of aliphatic hydroxyl groups excluding tert-OH is 1. The van der Waals surface area contributed by atoms with Crippen LogP contribution >= 0.6 is 11.6 Å². The lowest BCUT2D eigenvalue weighted by molar-refractivity contribution is -0.384. The molecule has 1 aromatic rings. The van der Waals surface area contributed by atoms with Gasteiger partial charge < -0.3 is 10.8 Å². The number of nitrogens with zero attached hydrogens (tertiary/aromatic N) is 1. The first-order chi connectivity index (χ1) is 7.44. The predicted molar refractivity (Wildman–Crippen MR) is 61.6 cm³/mol. The van der Waals surface area contributed by atoms with E-state index in [4.69, 9.17) is 17.3 Å². The molecular formula is C10H13ClN2O3. The molecule has 0 heterocycles. The average molecular weight is 245 g/mol. The quantitative estimate of drug-likeness (QED) is 0.620. The molecule has 0 saturated carbocycles. The number of hydrogen-bond acceptors (Lipinski definition) is 4. The number of nitro benzene ring substituents is 1. The van der Waals surface area contributed by atoms with Gasteiger partial charge in [0, 0.05) is 18.0 Å². The highest BCUT2D eigenvalue weighted by atomic mass is 35.5. The van der Waals surface area contributed by atoms with E-state index in [0.717, 1.165) is 0 Å².